The number of rotatable bonds is 36. The Balaban J connectivity index is 0.919. The second kappa shape index (κ2) is 47.5. The number of imide groups is 1. The van der Waals surface area contributed by atoms with E-state index in [2.05, 4.69) is 97.3 Å². The minimum absolute atomic E-state index is 0.0154. The number of benzene rings is 2. The van der Waals surface area contributed by atoms with E-state index in [1.54, 1.807) is 42.5 Å². The zero-order valence-electron chi connectivity index (χ0n) is 62.6. The molecule has 0 radical (unpaired) electrons. The molecule has 110 heavy (non-hydrogen) atoms. The van der Waals surface area contributed by atoms with Gasteiger partial charge in [-0.25, -0.2) is 0 Å². The third-order valence-corrected chi connectivity index (χ3v) is 20.2. The van der Waals surface area contributed by atoms with Crippen molar-refractivity contribution in [1.29, 1.82) is 5.41 Å². The molecule has 0 aliphatic carbocycles. The van der Waals surface area contributed by atoms with E-state index in [9.17, 15) is 77.3 Å². The van der Waals surface area contributed by atoms with Crippen molar-refractivity contribution in [3.63, 3.8) is 0 Å². The van der Waals surface area contributed by atoms with Crippen LogP contribution < -0.4 is 102 Å². The Kier molecular flexibility index (Phi) is 38.5. The molecule has 0 spiro atoms. The molecule has 2 bridgehead atoms. The molecule has 0 aromatic heterocycles. The Hall–Kier alpha value is -9.60. The second-order valence-electron chi connectivity index (χ2n) is 28.5. The van der Waals surface area contributed by atoms with Crippen LogP contribution in [0.5, 0.6) is 5.75 Å². The number of guanidine groups is 1. The SMILES string of the molecule is C[C@]12CNCCNC[C@](NC(=O)CCCC(=O)NC(Cc3ccc(O)cc3)C(=O)NCCCCCC(=O)NC(CSC3CC(=O)N(CCC(=O)NCCCCC4NC(=O)C(Cc5ccccc5)NC(=O)C(CC(=O)O)NC(=O)CNC(=O)[C@H](CCCNC(=N)N)NC4=O)C3=O)C(N)=O)(CNCCNC1)CNCCNC2. The summed E-state index contributed by atoms with van der Waals surface area (Å²) in [5.41, 5.74) is 11.7. The van der Waals surface area contributed by atoms with E-state index in [0.717, 1.165) is 55.9 Å². The van der Waals surface area contributed by atoms with Crippen LogP contribution in [0.1, 0.15) is 114 Å². The first kappa shape index (κ1) is 89.3. The van der Waals surface area contributed by atoms with Crippen LogP contribution in [-0.2, 0) is 80.0 Å². The summed E-state index contributed by atoms with van der Waals surface area (Å²) in [6.07, 6.45) is 0.600. The average molecular weight is 1560 g/mol. The molecule has 7 atom stereocenters. The fraction of sp³-hybridized carbons (Fsp3) is 0.625. The van der Waals surface area contributed by atoms with Crippen LogP contribution in [0.25, 0.3) is 0 Å². The van der Waals surface area contributed by atoms with Crippen LogP contribution in [0, 0.1) is 10.8 Å². The van der Waals surface area contributed by atoms with E-state index in [1.807, 2.05) is 0 Å². The molecule has 24 N–H and O–H groups in total. The zero-order valence-corrected chi connectivity index (χ0v) is 63.4. The number of thioether (sulfide) groups is 1. The summed E-state index contributed by atoms with van der Waals surface area (Å²) in [4.78, 5) is 187. The molecule has 5 fully saturated rings. The van der Waals surface area contributed by atoms with Crippen molar-refractivity contribution < 1.29 is 77.3 Å². The number of aliphatic carboxylic acids is 1. The van der Waals surface area contributed by atoms with Crippen LogP contribution in [-0.4, -0.2) is 268 Å². The molecule has 13 amide bonds. The van der Waals surface area contributed by atoms with Gasteiger partial charge < -0.3 is 112 Å². The van der Waals surface area contributed by atoms with Crippen LogP contribution in [0.4, 0.5) is 0 Å². The number of carbonyl (C=O) groups is 14. The summed E-state index contributed by atoms with van der Waals surface area (Å²) in [5.74, 6) is -10.5. The van der Waals surface area contributed by atoms with Gasteiger partial charge in [-0.15, -0.1) is 11.8 Å². The maximum absolute atomic E-state index is 14.2. The largest absolute Gasteiger partial charge is 0.508 e. The maximum atomic E-state index is 14.2. The molecule has 5 heterocycles. The van der Waals surface area contributed by atoms with Crippen molar-refractivity contribution in [2.45, 2.75) is 163 Å². The predicted octanol–water partition coefficient (Wildman–Crippen LogP) is -5.75. The van der Waals surface area contributed by atoms with Gasteiger partial charge in [0.15, 0.2) is 5.96 Å². The first-order chi connectivity index (χ1) is 52.7. The Morgan fingerprint density at radius 3 is 1.73 bits per heavy atom. The number of nitrogens with zero attached hydrogens (tertiary/aromatic N) is 1. The van der Waals surface area contributed by atoms with Crippen molar-refractivity contribution in [2.24, 2.45) is 16.9 Å². The number of phenolic OH excluding ortho intramolecular Hbond substituents is 1. The molecule has 5 aliphatic heterocycles. The molecule has 0 saturated carbocycles. The number of aromatic hydroxyl groups is 1. The van der Waals surface area contributed by atoms with Gasteiger partial charge in [0.2, 0.25) is 76.8 Å². The topological polar surface area (TPSA) is 563 Å². The van der Waals surface area contributed by atoms with Crippen molar-refractivity contribution in [3.8, 4) is 5.75 Å². The molecule has 6 unspecified atom stereocenters. The lowest BCUT2D eigenvalue weighted by Gasteiger charge is -2.37. The minimum atomic E-state index is -1.68. The zero-order chi connectivity index (χ0) is 79.9. The van der Waals surface area contributed by atoms with Gasteiger partial charge >= 0.3 is 5.97 Å². The van der Waals surface area contributed by atoms with Crippen LogP contribution in [0.3, 0.4) is 0 Å². The van der Waals surface area contributed by atoms with E-state index in [4.69, 9.17) is 16.9 Å². The molecule has 7 rings (SSSR count). The summed E-state index contributed by atoms with van der Waals surface area (Å²) in [7, 11) is 0. The van der Waals surface area contributed by atoms with E-state index in [1.165, 1.54) is 12.1 Å². The quantitative estimate of drug-likeness (QED) is 0.0131. The lowest BCUT2D eigenvalue weighted by molar-refractivity contribution is -0.141. The predicted molar refractivity (Wildman–Crippen MR) is 408 cm³/mol. The lowest BCUT2D eigenvalue weighted by atomic mass is 9.90. The number of carboxylic acid groups (broad SMARTS) is 1. The number of amides is 13. The first-order valence-electron chi connectivity index (χ1n) is 37.7. The third-order valence-electron chi connectivity index (χ3n) is 18.9. The smallest absolute Gasteiger partial charge is 0.305 e. The maximum Gasteiger partial charge on any atom is 0.305 e. The highest BCUT2D eigenvalue weighted by Gasteiger charge is 2.41. The van der Waals surface area contributed by atoms with Gasteiger partial charge in [-0.05, 0) is 74.6 Å². The first-order valence-corrected chi connectivity index (χ1v) is 38.8. The van der Waals surface area contributed by atoms with Crippen LogP contribution in [0.15, 0.2) is 54.6 Å². The fourth-order valence-electron chi connectivity index (χ4n) is 12.8. The number of hydrogen-bond donors (Lipinski definition) is 22. The summed E-state index contributed by atoms with van der Waals surface area (Å²) in [5, 5.41) is 76.7. The van der Waals surface area contributed by atoms with E-state index < -0.39 is 137 Å². The molecule has 5 aliphatic rings. The molecular weight excluding hydrogens is 1450 g/mol. The molecule has 38 heteroatoms. The summed E-state index contributed by atoms with van der Waals surface area (Å²) in [6, 6.07) is 6.79. The Morgan fingerprint density at radius 2 is 1.11 bits per heavy atom. The summed E-state index contributed by atoms with van der Waals surface area (Å²) >= 11 is 0.950. The molecule has 2 aromatic rings. The number of hydrogen-bond acceptors (Lipinski definition) is 23. The number of nitrogens with two attached hydrogens (primary N) is 2. The summed E-state index contributed by atoms with van der Waals surface area (Å²) < 4.78 is 0. The highest BCUT2D eigenvalue weighted by Crippen LogP contribution is 2.26. The van der Waals surface area contributed by atoms with Gasteiger partial charge in [0.05, 0.1) is 23.8 Å². The Bertz CT molecular complexity index is 3390. The number of nitrogens with one attached hydrogen (secondary N) is 18. The highest BCUT2D eigenvalue weighted by molar-refractivity contribution is 8.00. The molecular formula is C72H113N21O16S. The second-order valence-corrected chi connectivity index (χ2v) is 29.7. The minimum Gasteiger partial charge on any atom is -0.508 e. The molecule has 608 valence electrons. The number of primary amides is 1. The molecule has 2 aromatic carbocycles. The van der Waals surface area contributed by atoms with Gasteiger partial charge in [0.1, 0.15) is 42.0 Å². The van der Waals surface area contributed by atoms with Crippen molar-refractivity contribution in [2.75, 3.05) is 117 Å². The van der Waals surface area contributed by atoms with E-state index in [-0.39, 0.29) is 138 Å². The van der Waals surface area contributed by atoms with Crippen LogP contribution >= 0.6 is 11.8 Å². The van der Waals surface area contributed by atoms with Gasteiger partial charge in [0.25, 0.3) is 0 Å². The van der Waals surface area contributed by atoms with Crippen molar-refractivity contribution in [1.82, 2.24) is 95.3 Å². The lowest BCUT2D eigenvalue weighted by Crippen LogP contribution is -2.66. The molecule has 37 nitrogen and oxygen atoms in total. The number of carbonyl (C=O) groups excluding carboxylic acids is 13. The van der Waals surface area contributed by atoms with E-state index >= 15 is 0 Å². The fourth-order valence-corrected chi connectivity index (χ4v) is 14.0. The Labute approximate surface area is 644 Å². The van der Waals surface area contributed by atoms with Crippen LogP contribution in [0.2, 0.25) is 0 Å². The van der Waals surface area contributed by atoms with Gasteiger partial charge in [0, 0.05) is 161 Å². The van der Waals surface area contributed by atoms with Crippen molar-refractivity contribution >= 4 is 100 Å². The number of unbranched alkanes of at least 4 members (excludes halogenated alkanes) is 3. The Morgan fingerprint density at radius 1 is 0.573 bits per heavy atom. The number of phenols is 1. The number of carboxylic acids is 1. The normalized spacial score (nSPS) is 22.8. The summed E-state index contributed by atoms with van der Waals surface area (Å²) in [6.45, 7) is 10.1. The van der Waals surface area contributed by atoms with Gasteiger partial charge in [-0.2, -0.15) is 0 Å². The van der Waals surface area contributed by atoms with Gasteiger partial charge in [-0.3, -0.25) is 77.4 Å². The molecule has 5 saturated heterocycles. The third kappa shape index (κ3) is 33.3. The number of fused-ring (bicyclic) bond motifs is 15. The standard InChI is InChI=1S/C72H113N21O16S/c1-71-40-76-27-30-79-43-72(44-80-31-28-77-41-71,45-81-32-29-78-42-71)92-59(98)18-10-17-58(97)86-51(35-47-19-21-48(94)22-20-47)65(105)83-25-8-3-6-16-57(96)88-54(63(73)103)39-110-55-37-61(100)93(69(55)109)33-23-56(95)82-24-9-7-14-50-66(106)89-49(15-11-26-84-70(74)75)64(104)85-38-60(99)87-53(36-62(101)102)68(108)91-52(67(107)90-50)34-46-12-4-2-5-13-46/h2,4-5,12-13,19-22,49-55,76-81,94H,3,6-11,14-18,23-45H2,1H3,(H2,73,103)(H,82,95)(H,83,105)(H,85,104)(H,86,97)(H,87,99)(H,88,96)(H,89,106)(H,90,107)(H,91,108)(H,92,98)(H,101,102)(H4,74,75,84)/t49-,50?,51?,52?,53?,54?,55?,71-,72-/m0/s1. The van der Waals surface area contributed by atoms with Gasteiger partial charge in [-0.1, -0.05) is 55.8 Å². The highest BCUT2D eigenvalue weighted by atomic mass is 32.2. The monoisotopic (exact) mass is 1560 g/mol. The van der Waals surface area contributed by atoms with Crippen molar-refractivity contribution in [3.05, 3.63) is 65.7 Å². The average Bonchev–Trinajstić information content (AvgIpc) is 1.76. The van der Waals surface area contributed by atoms with E-state index in [0.29, 0.717) is 69.7 Å². The number of likely N-dealkylation sites (tertiary alicyclic amines) is 1.